The normalized spacial score (nSPS) is 11.0. The number of hydrogen-bond acceptors (Lipinski definition) is 5. The summed E-state index contributed by atoms with van der Waals surface area (Å²) in [5.41, 5.74) is -2.13. The molecule has 28 heavy (non-hydrogen) atoms. The molecular weight excluding hydrogens is 379 g/mol. The molecule has 0 fully saturated rings. The van der Waals surface area contributed by atoms with Crippen molar-refractivity contribution in [3.8, 4) is 5.69 Å². The summed E-state index contributed by atoms with van der Waals surface area (Å²) in [4.78, 5) is 35.6. The maximum atomic E-state index is 12.9. The van der Waals surface area contributed by atoms with Crippen LogP contribution in [0.3, 0.4) is 0 Å². The third-order valence-electron chi connectivity index (χ3n) is 3.50. The van der Waals surface area contributed by atoms with E-state index in [0.717, 1.165) is 22.9 Å². The molecule has 2 aromatic rings. The number of carbonyl (C=O) groups excluding carboxylic acids is 2. The summed E-state index contributed by atoms with van der Waals surface area (Å²) in [5.74, 6) is -1.78. The van der Waals surface area contributed by atoms with Crippen LogP contribution >= 0.6 is 0 Å². The lowest BCUT2D eigenvalue weighted by atomic mass is 10.2. The molecule has 148 valence electrons. The number of benzene rings is 1. The summed E-state index contributed by atoms with van der Waals surface area (Å²) < 4.78 is 44.5. The number of esters is 1. The Kier molecular flexibility index (Phi) is 6.34. The Morgan fingerprint density at radius 2 is 2.04 bits per heavy atom. The van der Waals surface area contributed by atoms with Gasteiger partial charge in [0.15, 0.2) is 6.61 Å². The van der Waals surface area contributed by atoms with Gasteiger partial charge in [0, 0.05) is 18.3 Å². The average molecular weight is 395 g/mol. The second-order valence-electron chi connectivity index (χ2n) is 5.63. The van der Waals surface area contributed by atoms with E-state index in [9.17, 15) is 27.6 Å². The van der Waals surface area contributed by atoms with E-state index in [-0.39, 0.29) is 17.9 Å². The maximum Gasteiger partial charge on any atom is 0.416 e. The fourth-order valence-electron chi connectivity index (χ4n) is 2.20. The number of rotatable bonds is 6. The maximum absolute atomic E-state index is 12.9. The third kappa shape index (κ3) is 5.06. The van der Waals surface area contributed by atoms with Gasteiger partial charge >= 0.3 is 12.1 Å². The van der Waals surface area contributed by atoms with Crippen molar-refractivity contribution in [3.63, 3.8) is 0 Å². The summed E-state index contributed by atoms with van der Waals surface area (Å²) in [6.07, 6.45) is -3.14. The molecule has 1 heterocycles. The van der Waals surface area contributed by atoms with Crippen molar-refractivity contribution < 1.29 is 27.5 Å². The first kappa shape index (κ1) is 20.9. The molecule has 2 rings (SSSR count). The molecule has 0 saturated carbocycles. The first-order chi connectivity index (χ1) is 13.1. The van der Waals surface area contributed by atoms with E-state index < -0.39 is 41.3 Å². The zero-order valence-electron chi connectivity index (χ0n) is 14.7. The number of alkyl halides is 3. The van der Waals surface area contributed by atoms with Crippen LogP contribution in [0.4, 0.5) is 13.2 Å². The van der Waals surface area contributed by atoms with Crippen molar-refractivity contribution in [1.82, 2.24) is 15.1 Å². The van der Waals surface area contributed by atoms with Gasteiger partial charge in [0.05, 0.1) is 11.3 Å². The molecular formula is C18H16F3N3O4. The molecule has 1 N–H and O–H groups in total. The molecule has 0 bridgehead atoms. The quantitative estimate of drug-likeness (QED) is 0.597. The molecule has 1 aromatic heterocycles. The molecule has 1 amide bonds. The number of aromatic nitrogens is 2. The lowest BCUT2D eigenvalue weighted by molar-refractivity contribution is -0.137. The van der Waals surface area contributed by atoms with Crippen LogP contribution < -0.4 is 10.7 Å². The van der Waals surface area contributed by atoms with Crippen LogP contribution in [-0.4, -0.2) is 34.8 Å². The van der Waals surface area contributed by atoms with Crippen LogP contribution in [0.25, 0.3) is 5.69 Å². The number of nitrogens with one attached hydrogen (secondary N) is 1. The number of amides is 1. The van der Waals surface area contributed by atoms with Crippen molar-refractivity contribution in [2.45, 2.75) is 13.1 Å². The van der Waals surface area contributed by atoms with E-state index in [1.54, 1.807) is 0 Å². The van der Waals surface area contributed by atoms with Crippen LogP contribution in [-0.2, 0) is 15.7 Å². The Bertz CT molecular complexity index is 967. The highest BCUT2D eigenvalue weighted by atomic mass is 19.4. The van der Waals surface area contributed by atoms with E-state index in [1.165, 1.54) is 25.1 Å². The monoisotopic (exact) mass is 395 g/mol. The van der Waals surface area contributed by atoms with E-state index in [2.05, 4.69) is 17.0 Å². The first-order valence-corrected chi connectivity index (χ1v) is 7.97. The number of halogens is 3. The first-order valence-electron chi connectivity index (χ1n) is 7.97. The van der Waals surface area contributed by atoms with Gasteiger partial charge in [-0.05, 0) is 25.1 Å². The number of aryl methyl sites for hydroxylation is 1. The molecule has 0 saturated heterocycles. The minimum atomic E-state index is -4.57. The smallest absolute Gasteiger partial charge is 0.416 e. The highest BCUT2D eigenvalue weighted by Gasteiger charge is 2.30. The Hall–Kier alpha value is -3.43. The van der Waals surface area contributed by atoms with E-state index in [0.29, 0.717) is 0 Å². The van der Waals surface area contributed by atoms with E-state index in [4.69, 9.17) is 4.74 Å². The van der Waals surface area contributed by atoms with Gasteiger partial charge in [0.25, 0.3) is 5.91 Å². The highest BCUT2D eigenvalue weighted by Crippen LogP contribution is 2.30. The lowest BCUT2D eigenvalue weighted by Gasteiger charge is -2.13. The van der Waals surface area contributed by atoms with E-state index >= 15 is 0 Å². The van der Waals surface area contributed by atoms with Crippen LogP contribution in [0, 0.1) is 6.92 Å². The Morgan fingerprint density at radius 1 is 1.32 bits per heavy atom. The van der Waals surface area contributed by atoms with Crippen LogP contribution in [0.5, 0.6) is 0 Å². The summed E-state index contributed by atoms with van der Waals surface area (Å²) in [7, 11) is 0. The number of hydrogen-bond donors (Lipinski definition) is 1. The van der Waals surface area contributed by atoms with Gasteiger partial charge in [-0.2, -0.15) is 18.3 Å². The van der Waals surface area contributed by atoms with E-state index in [1.807, 2.05) is 0 Å². The molecule has 1 aromatic carbocycles. The van der Waals surface area contributed by atoms with Crippen LogP contribution in [0.2, 0.25) is 0 Å². The summed E-state index contributed by atoms with van der Waals surface area (Å²) >= 11 is 0. The topological polar surface area (TPSA) is 90.3 Å². The van der Waals surface area contributed by atoms with Gasteiger partial charge in [0.1, 0.15) is 0 Å². The Labute approximate surface area is 157 Å². The molecule has 0 radical (unpaired) electrons. The Balaban J connectivity index is 2.32. The second-order valence-corrected chi connectivity index (χ2v) is 5.63. The Morgan fingerprint density at radius 3 is 2.68 bits per heavy atom. The van der Waals surface area contributed by atoms with Crippen molar-refractivity contribution >= 4 is 11.9 Å². The standard InChI is InChI=1S/C18H16F3N3O4/c1-3-7-22-15(26)10-28-17(27)16-14(25)8-11(2)24(23-16)13-6-4-5-12(9-13)18(19,20)21/h3-6,8-9H,1,7,10H2,2H3,(H,22,26). The number of ether oxygens (including phenoxy) is 1. The minimum absolute atomic E-state index is 0.00472. The molecule has 0 aliphatic rings. The van der Waals surface area contributed by atoms with Crippen LogP contribution in [0.1, 0.15) is 21.7 Å². The summed E-state index contributed by atoms with van der Waals surface area (Å²) in [6, 6.07) is 5.29. The zero-order valence-corrected chi connectivity index (χ0v) is 14.7. The molecule has 10 heteroatoms. The SMILES string of the molecule is C=CCNC(=O)COC(=O)c1nn(-c2cccc(C(F)(F)F)c2)c(C)cc1=O. The van der Waals surface area contributed by atoms with Gasteiger partial charge in [-0.1, -0.05) is 12.1 Å². The molecule has 0 aliphatic carbocycles. The van der Waals surface area contributed by atoms with Gasteiger partial charge < -0.3 is 10.1 Å². The summed E-state index contributed by atoms with van der Waals surface area (Å²) in [6.45, 7) is 4.38. The predicted molar refractivity (Wildman–Crippen MR) is 93.1 cm³/mol. The molecule has 0 atom stereocenters. The number of carbonyl (C=O) groups is 2. The van der Waals surface area contributed by atoms with Crippen molar-refractivity contribution in [3.05, 3.63) is 70.2 Å². The van der Waals surface area contributed by atoms with Crippen molar-refractivity contribution in [1.29, 1.82) is 0 Å². The molecule has 0 aliphatic heterocycles. The highest BCUT2D eigenvalue weighted by molar-refractivity contribution is 5.89. The van der Waals surface area contributed by atoms with Gasteiger partial charge in [-0.25, -0.2) is 9.48 Å². The summed E-state index contributed by atoms with van der Waals surface area (Å²) in [5, 5.41) is 6.20. The molecule has 0 unspecified atom stereocenters. The van der Waals surface area contributed by atoms with Gasteiger partial charge in [-0.3, -0.25) is 9.59 Å². The third-order valence-corrected chi connectivity index (χ3v) is 3.50. The molecule has 0 spiro atoms. The minimum Gasteiger partial charge on any atom is -0.451 e. The van der Waals surface area contributed by atoms with Crippen molar-refractivity contribution in [2.75, 3.05) is 13.2 Å². The predicted octanol–water partition coefficient (Wildman–Crippen LogP) is 2.02. The number of nitrogens with zero attached hydrogens (tertiary/aromatic N) is 2. The van der Waals surface area contributed by atoms with Crippen LogP contribution in [0.15, 0.2) is 47.8 Å². The fourth-order valence-corrected chi connectivity index (χ4v) is 2.20. The second kappa shape index (κ2) is 8.51. The lowest BCUT2D eigenvalue weighted by Crippen LogP contribution is -2.31. The van der Waals surface area contributed by atoms with Gasteiger partial charge in [0.2, 0.25) is 11.1 Å². The largest absolute Gasteiger partial charge is 0.451 e. The van der Waals surface area contributed by atoms with Gasteiger partial charge in [-0.15, -0.1) is 6.58 Å². The average Bonchev–Trinajstić information content (AvgIpc) is 2.64. The van der Waals surface area contributed by atoms with Crippen molar-refractivity contribution in [2.24, 2.45) is 0 Å². The zero-order chi connectivity index (χ0) is 20.9. The fraction of sp³-hybridized carbons (Fsp3) is 0.222. The molecule has 7 nitrogen and oxygen atoms in total.